The number of esters is 2. The normalized spacial score (nSPS) is 12.2. The Labute approximate surface area is 321 Å². The molecule has 0 spiro atoms. The Hall–Kier alpha value is -3.91. The minimum absolute atomic E-state index is 0.342. The van der Waals surface area contributed by atoms with Gasteiger partial charge in [0.05, 0.1) is 50.2 Å². The van der Waals surface area contributed by atoms with Crippen molar-refractivity contribution in [1.29, 1.82) is 0 Å². The summed E-state index contributed by atoms with van der Waals surface area (Å²) in [5.74, 6) is 2.23. The molecule has 52 heavy (non-hydrogen) atoms. The number of halogens is 1. The maximum atomic E-state index is 12.2. The van der Waals surface area contributed by atoms with Gasteiger partial charge in [-0.15, -0.1) is 0 Å². The number of rotatable bonds is 10. The van der Waals surface area contributed by atoms with Gasteiger partial charge in [-0.3, -0.25) is 4.57 Å². The molecule has 0 saturated heterocycles. The predicted octanol–water partition coefficient (Wildman–Crippen LogP) is 7.66. The molecule has 277 valence electrons. The zero-order chi connectivity index (χ0) is 38.1. The van der Waals surface area contributed by atoms with Crippen LogP contribution in [0.15, 0.2) is 39.6 Å². The van der Waals surface area contributed by atoms with Gasteiger partial charge in [0.2, 0.25) is 0 Å². The molecule has 0 amide bonds. The number of aromatic nitrogens is 4. The van der Waals surface area contributed by atoms with Crippen LogP contribution in [-0.4, -0.2) is 66.1 Å². The second-order valence-electron chi connectivity index (χ2n) is 13.3. The molecule has 2 aromatic carbocycles. The topological polar surface area (TPSA) is 119 Å². The number of carbonyl (C=O) groups excluding carboxylic acids is 2. The van der Waals surface area contributed by atoms with Crippen molar-refractivity contribution in [2.45, 2.75) is 80.1 Å². The van der Waals surface area contributed by atoms with Crippen molar-refractivity contribution in [2.75, 3.05) is 27.4 Å². The Morgan fingerprint density at radius 2 is 1.31 bits per heavy atom. The van der Waals surface area contributed by atoms with Gasteiger partial charge in [0.25, 0.3) is 0 Å². The van der Waals surface area contributed by atoms with Crippen LogP contribution in [0.1, 0.15) is 96.2 Å². The summed E-state index contributed by atoms with van der Waals surface area (Å²) in [6.45, 7) is 13.1. The first-order chi connectivity index (χ1) is 24.9. The number of nitrogens with zero attached hydrogens (tertiary/aromatic N) is 5. The molecule has 0 aliphatic carbocycles. The van der Waals surface area contributed by atoms with Crippen molar-refractivity contribution in [1.82, 2.24) is 19.1 Å². The summed E-state index contributed by atoms with van der Waals surface area (Å²) in [6, 6.07) is 8.58. The summed E-state index contributed by atoms with van der Waals surface area (Å²) in [6.07, 6.45) is 6.84. The fourth-order valence-electron chi connectivity index (χ4n) is 6.68. The van der Waals surface area contributed by atoms with Crippen LogP contribution in [0, 0.1) is 11.8 Å². The van der Waals surface area contributed by atoms with Crippen LogP contribution in [-0.2, 0) is 48.0 Å². The van der Waals surface area contributed by atoms with Crippen molar-refractivity contribution < 1.29 is 28.5 Å². The standard InChI is InChI=1S/C19H23BrN2O3.C19H24N2O3.BHNS/c1-5-25-18(23)17-14-7-6-12-10-16(24-4)13(8-11(2)3)9-15(12)22(14)19(20)21-17;1-5-24-19(22)18-15-7-6-13-10-17(23-4)14(8-12(2)3)9-16(13)21(15)11-20-18;1-2-3/h9-11H,5-8H2,1-4H3;9-12H,5-8H2,1-4H3;3H. The average Bonchev–Trinajstić information content (AvgIpc) is 3.70. The number of fused-ring (bicyclic) bond motifs is 6. The molecular weight excluding hydrogens is 745 g/mol. The molecule has 4 aromatic rings. The quantitative estimate of drug-likeness (QED) is 0.0989. The number of ether oxygens (including phenoxy) is 4. The first-order valence-corrected chi connectivity index (χ1v) is 18.7. The van der Waals surface area contributed by atoms with Gasteiger partial charge in [-0.05, 0) is 127 Å². The third-order valence-corrected chi connectivity index (χ3v) is 9.25. The number of imidazole rings is 2. The molecule has 2 aliphatic heterocycles. The SMILES string of the molecule is CCOC(=O)c1nc(Br)n2c1CCc1cc(OC)c(CC(C)C)cc1-2.CCOC(=O)c1ncn2c1CCc1cc(OC)c(CC(C)C)cc1-2.[B]=NS. The number of hydrogen-bond donors (Lipinski definition) is 1. The number of hydrogen-bond acceptors (Lipinski definition) is 10. The molecule has 6 rings (SSSR count). The second-order valence-corrected chi connectivity index (χ2v) is 14.2. The van der Waals surface area contributed by atoms with Crippen molar-refractivity contribution in [2.24, 2.45) is 16.1 Å². The van der Waals surface area contributed by atoms with Gasteiger partial charge in [0, 0.05) is 0 Å². The van der Waals surface area contributed by atoms with Crippen LogP contribution in [0.5, 0.6) is 11.5 Å². The number of thiol groups is 1. The van der Waals surface area contributed by atoms with Gasteiger partial charge >= 0.3 is 36.7 Å². The van der Waals surface area contributed by atoms with E-state index in [0.717, 1.165) is 72.8 Å². The zero-order valence-corrected chi connectivity index (χ0v) is 33.8. The Balaban J connectivity index is 0.000000217. The van der Waals surface area contributed by atoms with E-state index < -0.39 is 0 Å². The van der Waals surface area contributed by atoms with Crippen LogP contribution in [0.25, 0.3) is 11.4 Å². The van der Waals surface area contributed by atoms with Crippen LogP contribution in [0.3, 0.4) is 0 Å². The van der Waals surface area contributed by atoms with Gasteiger partial charge in [-0.1, -0.05) is 27.7 Å². The third kappa shape index (κ3) is 9.17. The number of carbonyl (C=O) groups is 2. The van der Waals surface area contributed by atoms with E-state index in [2.05, 4.69) is 103 Å². The molecule has 14 heteroatoms. The maximum absolute atomic E-state index is 12.2. The van der Waals surface area contributed by atoms with E-state index in [0.29, 0.717) is 41.2 Å². The summed E-state index contributed by atoms with van der Waals surface area (Å²) in [7, 11) is 7.77. The van der Waals surface area contributed by atoms with Crippen molar-refractivity contribution in [3.8, 4) is 22.9 Å². The number of aryl methyl sites for hydroxylation is 2. The van der Waals surface area contributed by atoms with Gasteiger partial charge in [-0.25, -0.2) is 19.6 Å². The van der Waals surface area contributed by atoms with Crippen LogP contribution < -0.4 is 9.47 Å². The second kappa shape index (κ2) is 18.7. The van der Waals surface area contributed by atoms with Crippen molar-refractivity contribution >= 4 is 48.3 Å². The van der Waals surface area contributed by atoms with Gasteiger partial charge in [-0.2, -0.15) is 0 Å². The number of methoxy groups -OCH3 is 2. The number of benzene rings is 2. The molecular formula is C38H48BBrN5O6S. The Kier molecular flexibility index (Phi) is 14.7. The molecule has 0 N–H and O–H groups in total. The monoisotopic (exact) mass is 792 g/mol. The molecule has 0 bridgehead atoms. The molecule has 4 heterocycles. The minimum atomic E-state index is -0.365. The fourth-order valence-corrected chi connectivity index (χ4v) is 7.26. The van der Waals surface area contributed by atoms with Crippen molar-refractivity contribution in [3.63, 3.8) is 0 Å². The Bertz CT molecular complexity index is 1910. The van der Waals surface area contributed by atoms with Crippen LogP contribution in [0.2, 0.25) is 0 Å². The molecule has 0 unspecified atom stereocenters. The average molecular weight is 794 g/mol. The molecule has 1 radical (unpaired) electrons. The first-order valence-electron chi connectivity index (χ1n) is 17.5. The molecule has 2 aromatic heterocycles. The van der Waals surface area contributed by atoms with Crippen molar-refractivity contribution in [3.05, 3.63) is 80.4 Å². The summed E-state index contributed by atoms with van der Waals surface area (Å²) in [5, 5.41) is 0. The van der Waals surface area contributed by atoms with Crippen LogP contribution in [0.4, 0.5) is 0 Å². The summed E-state index contributed by atoms with van der Waals surface area (Å²) < 4.78 is 28.8. The van der Waals surface area contributed by atoms with Gasteiger partial charge < -0.3 is 23.5 Å². The van der Waals surface area contributed by atoms with E-state index in [1.165, 1.54) is 22.3 Å². The van der Waals surface area contributed by atoms with E-state index >= 15 is 0 Å². The Morgan fingerprint density at radius 3 is 1.81 bits per heavy atom. The van der Waals surface area contributed by atoms with E-state index in [9.17, 15) is 9.59 Å². The fraction of sp³-hybridized carbons (Fsp3) is 0.474. The Morgan fingerprint density at radius 1 is 0.827 bits per heavy atom. The molecule has 2 aliphatic rings. The molecule has 0 saturated carbocycles. The predicted molar refractivity (Wildman–Crippen MR) is 209 cm³/mol. The summed E-state index contributed by atoms with van der Waals surface area (Å²) >= 11 is 6.71. The summed E-state index contributed by atoms with van der Waals surface area (Å²) in [5.41, 5.74) is 9.60. The van der Waals surface area contributed by atoms with E-state index in [-0.39, 0.29) is 11.9 Å². The van der Waals surface area contributed by atoms with Gasteiger partial charge in [0.15, 0.2) is 16.1 Å². The van der Waals surface area contributed by atoms with Gasteiger partial charge in [0.1, 0.15) is 17.8 Å². The molecule has 0 fully saturated rings. The van der Waals surface area contributed by atoms with Crippen LogP contribution >= 0.6 is 28.7 Å². The van der Waals surface area contributed by atoms with E-state index in [1.807, 2.05) is 9.13 Å². The van der Waals surface area contributed by atoms with E-state index in [4.69, 9.17) is 18.9 Å². The molecule has 11 nitrogen and oxygen atoms in total. The summed E-state index contributed by atoms with van der Waals surface area (Å²) in [4.78, 5) is 33.0. The third-order valence-electron chi connectivity index (χ3n) is 8.72. The first kappa shape index (κ1) is 40.9. The zero-order valence-electron chi connectivity index (χ0n) is 31.3. The molecule has 0 atom stereocenters. The van der Waals surface area contributed by atoms with E-state index in [1.54, 1.807) is 34.4 Å².